The van der Waals surface area contributed by atoms with Crippen molar-refractivity contribution in [2.75, 3.05) is 26.7 Å². The Morgan fingerprint density at radius 2 is 1.96 bits per heavy atom. The molecule has 0 unspecified atom stereocenters. The highest BCUT2D eigenvalue weighted by molar-refractivity contribution is 5.81. The summed E-state index contributed by atoms with van der Waals surface area (Å²) in [5, 5.41) is 0. The number of aromatic nitrogens is 1. The Morgan fingerprint density at radius 3 is 2.77 bits per heavy atom. The summed E-state index contributed by atoms with van der Waals surface area (Å²) >= 11 is 0. The van der Waals surface area contributed by atoms with E-state index in [9.17, 15) is 9.18 Å². The molecule has 0 bridgehead atoms. The Labute approximate surface area is 153 Å². The van der Waals surface area contributed by atoms with Crippen LogP contribution in [0.25, 0.3) is 0 Å². The van der Waals surface area contributed by atoms with Crippen LogP contribution in [-0.2, 0) is 17.6 Å². The minimum atomic E-state index is -0.284. The molecule has 5 heteroatoms. The maximum absolute atomic E-state index is 13.8. The predicted octanol–water partition coefficient (Wildman–Crippen LogP) is 2.61. The first kappa shape index (κ1) is 17.3. The Morgan fingerprint density at radius 1 is 1.19 bits per heavy atom. The van der Waals surface area contributed by atoms with Gasteiger partial charge in [0.15, 0.2) is 0 Å². The summed E-state index contributed by atoms with van der Waals surface area (Å²) in [4.78, 5) is 21.1. The quantitative estimate of drug-likeness (QED) is 0.832. The lowest BCUT2D eigenvalue weighted by Gasteiger charge is -2.42. The zero-order chi connectivity index (χ0) is 18.3. The fourth-order valence-corrected chi connectivity index (χ4v) is 4.32. The number of benzene rings is 1. The molecule has 2 aliphatic rings. The average molecular weight is 353 g/mol. The van der Waals surface area contributed by atoms with Gasteiger partial charge in [-0.3, -0.25) is 19.6 Å². The van der Waals surface area contributed by atoms with Gasteiger partial charge < -0.3 is 0 Å². The number of Topliss-reactive ketones (excluding diaryl/α,β-unsaturated/α-hetero) is 1. The monoisotopic (exact) mass is 353 g/mol. The van der Waals surface area contributed by atoms with Crippen LogP contribution in [0.4, 0.5) is 4.39 Å². The lowest BCUT2D eigenvalue weighted by molar-refractivity contribution is -0.124. The number of piperazine rings is 1. The van der Waals surface area contributed by atoms with Gasteiger partial charge in [-0.25, -0.2) is 4.39 Å². The Bertz CT molecular complexity index is 838. The molecular formula is C21H24FN3O. The molecule has 0 radical (unpaired) electrons. The highest BCUT2D eigenvalue weighted by Gasteiger charge is 2.36. The third kappa shape index (κ3) is 3.06. The van der Waals surface area contributed by atoms with Crippen molar-refractivity contribution in [3.63, 3.8) is 0 Å². The second-order valence-electron chi connectivity index (χ2n) is 7.40. The summed E-state index contributed by atoms with van der Waals surface area (Å²) < 4.78 is 13.8. The molecule has 2 atom stereocenters. The van der Waals surface area contributed by atoms with E-state index in [-0.39, 0.29) is 23.7 Å². The summed E-state index contributed by atoms with van der Waals surface area (Å²) in [7, 11) is 2.01. The van der Waals surface area contributed by atoms with E-state index < -0.39 is 0 Å². The van der Waals surface area contributed by atoms with Crippen LogP contribution in [0, 0.1) is 5.82 Å². The zero-order valence-electron chi connectivity index (χ0n) is 15.3. The molecule has 1 aromatic heterocycles. The van der Waals surface area contributed by atoms with E-state index in [4.69, 9.17) is 0 Å². The number of fused-ring (bicyclic) bond motifs is 2. The number of hydrogen-bond acceptors (Lipinski definition) is 4. The topological polar surface area (TPSA) is 36.4 Å². The van der Waals surface area contributed by atoms with Crippen molar-refractivity contribution in [1.82, 2.24) is 14.8 Å². The molecule has 4 rings (SSSR count). The highest BCUT2D eigenvalue weighted by Crippen LogP contribution is 2.36. The number of nitrogens with zero attached hydrogens (tertiary/aromatic N) is 3. The van der Waals surface area contributed by atoms with Crippen LogP contribution in [-0.4, -0.2) is 53.3 Å². The summed E-state index contributed by atoms with van der Waals surface area (Å²) in [6.45, 7) is 4.02. The Hall–Kier alpha value is -2.11. The van der Waals surface area contributed by atoms with Crippen molar-refractivity contribution in [2.45, 2.75) is 31.8 Å². The van der Waals surface area contributed by atoms with Crippen molar-refractivity contribution < 1.29 is 9.18 Å². The third-order valence-corrected chi connectivity index (χ3v) is 5.75. The molecule has 1 fully saturated rings. The normalized spacial score (nSPS) is 23.8. The first-order valence-electron chi connectivity index (χ1n) is 9.21. The molecule has 2 heterocycles. The van der Waals surface area contributed by atoms with Crippen LogP contribution >= 0.6 is 0 Å². The molecule has 0 spiro atoms. The number of carbonyl (C=O) groups excluding carboxylic acids is 1. The van der Waals surface area contributed by atoms with Gasteiger partial charge >= 0.3 is 0 Å². The number of carbonyl (C=O) groups is 1. The second-order valence-corrected chi connectivity index (χ2v) is 7.40. The molecule has 136 valence electrons. The van der Waals surface area contributed by atoms with E-state index in [0.29, 0.717) is 6.54 Å². The molecule has 1 aliphatic carbocycles. The summed E-state index contributed by atoms with van der Waals surface area (Å²) in [5.74, 6) is -0.0974. The van der Waals surface area contributed by atoms with Crippen LogP contribution in [0.5, 0.6) is 0 Å². The van der Waals surface area contributed by atoms with E-state index in [1.165, 1.54) is 17.3 Å². The van der Waals surface area contributed by atoms with E-state index >= 15 is 0 Å². The van der Waals surface area contributed by atoms with Crippen molar-refractivity contribution >= 4 is 5.78 Å². The molecule has 0 saturated carbocycles. The molecule has 4 nitrogen and oxygen atoms in total. The van der Waals surface area contributed by atoms with Gasteiger partial charge in [-0.2, -0.15) is 0 Å². The number of aryl methyl sites for hydroxylation is 2. The summed E-state index contributed by atoms with van der Waals surface area (Å²) in [6.07, 6.45) is 2.99. The van der Waals surface area contributed by atoms with Gasteiger partial charge in [0.2, 0.25) is 0 Å². The Balaban J connectivity index is 1.80. The number of likely N-dealkylation sites (N-methyl/N-ethyl adjacent to an activating group) is 1. The standard InChI is InChI=1S/C21H24FN3O/c1-14(26)19-13-25(10-9-24(19)2)21-18-6-4-3-5-15(18)7-8-16-11-17(22)12-23-20(16)21/h3-6,11-12,19,21H,7-10,13H2,1-2H3/t19-,21-/m1/s1. The van der Waals surface area contributed by atoms with Crippen molar-refractivity contribution in [2.24, 2.45) is 0 Å². The second kappa shape index (κ2) is 6.89. The van der Waals surface area contributed by atoms with E-state index in [0.717, 1.165) is 37.2 Å². The maximum Gasteiger partial charge on any atom is 0.148 e. The lowest BCUT2D eigenvalue weighted by Crippen LogP contribution is -2.55. The zero-order valence-corrected chi connectivity index (χ0v) is 15.3. The van der Waals surface area contributed by atoms with Crippen molar-refractivity contribution in [3.8, 4) is 0 Å². The van der Waals surface area contributed by atoms with Crippen LogP contribution in [0.2, 0.25) is 0 Å². The third-order valence-electron chi connectivity index (χ3n) is 5.75. The molecule has 1 saturated heterocycles. The number of halogens is 1. The number of pyridine rings is 1. The van der Waals surface area contributed by atoms with Crippen molar-refractivity contribution in [1.29, 1.82) is 0 Å². The maximum atomic E-state index is 13.8. The Kier molecular flexibility index (Phi) is 4.59. The highest BCUT2D eigenvalue weighted by atomic mass is 19.1. The minimum absolute atomic E-state index is 0.0279. The van der Waals surface area contributed by atoms with Crippen LogP contribution < -0.4 is 0 Å². The minimum Gasteiger partial charge on any atom is -0.298 e. The van der Waals surface area contributed by atoms with Crippen LogP contribution in [0.3, 0.4) is 0 Å². The number of rotatable bonds is 2. The average Bonchev–Trinajstić information content (AvgIpc) is 2.79. The molecule has 26 heavy (non-hydrogen) atoms. The smallest absolute Gasteiger partial charge is 0.148 e. The molecule has 0 N–H and O–H groups in total. The molecule has 1 aliphatic heterocycles. The van der Waals surface area contributed by atoms with Gasteiger partial charge in [0, 0.05) is 19.6 Å². The van der Waals surface area contributed by atoms with Gasteiger partial charge in [0.05, 0.1) is 24.0 Å². The van der Waals surface area contributed by atoms with Crippen LogP contribution in [0.1, 0.15) is 35.3 Å². The SMILES string of the molecule is CC(=O)[C@H]1CN([C@@H]2c3ccccc3CCc3cc(F)cnc32)CCN1C. The van der Waals surface area contributed by atoms with E-state index in [1.54, 1.807) is 13.0 Å². The van der Waals surface area contributed by atoms with Gasteiger partial charge in [0.1, 0.15) is 11.6 Å². The first-order chi connectivity index (χ1) is 12.5. The van der Waals surface area contributed by atoms with Gasteiger partial charge in [-0.1, -0.05) is 24.3 Å². The van der Waals surface area contributed by atoms with Gasteiger partial charge in [-0.15, -0.1) is 0 Å². The van der Waals surface area contributed by atoms with E-state index in [1.807, 2.05) is 7.05 Å². The largest absolute Gasteiger partial charge is 0.298 e. The summed E-state index contributed by atoms with van der Waals surface area (Å²) in [6, 6.07) is 9.91. The number of hydrogen-bond donors (Lipinski definition) is 0. The first-order valence-corrected chi connectivity index (χ1v) is 9.21. The van der Waals surface area contributed by atoms with Crippen LogP contribution in [0.15, 0.2) is 36.5 Å². The molecule has 1 aromatic carbocycles. The fourth-order valence-electron chi connectivity index (χ4n) is 4.32. The van der Waals surface area contributed by atoms with E-state index in [2.05, 4.69) is 39.0 Å². The van der Waals surface area contributed by atoms with Gasteiger partial charge in [-0.05, 0) is 49.6 Å². The molecule has 0 amide bonds. The molecular weight excluding hydrogens is 329 g/mol. The summed E-state index contributed by atoms with van der Waals surface area (Å²) in [5.41, 5.74) is 4.43. The number of ketones is 1. The fraction of sp³-hybridized carbons (Fsp3) is 0.429. The van der Waals surface area contributed by atoms with Gasteiger partial charge in [0.25, 0.3) is 0 Å². The van der Waals surface area contributed by atoms with Crippen molar-refractivity contribution in [3.05, 3.63) is 64.7 Å². The molecule has 2 aromatic rings. The lowest BCUT2D eigenvalue weighted by atomic mass is 9.95. The predicted molar refractivity (Wildman–Crippen MR) is 98.6 cm³/mol.